The molecule has 1 aliphatic heterocycles. The third kappa shape index (κ3) is 2.47. The van der Waals surface area contributed by atoms with E-state index in [2.05, 4.69) is 24.4 Å². The van der Waals surface area contributed by atoms with Gasteiger partial charge in [-0.05, 0) is 36.3 Å². The Morgan fingerprint density at radius 2 is 2.05 bits per heavy atom. The Bertz CT molecular complexity index is 518. The van der Waals surface area contributed by atoms with E-state index < -0.39 is 6.10 Å². The topological polar surface area (TPSA) is 49.3 Å². The van der Waals surface area contributed by atoms with Gasteiger partial charge in [0, 0.05) is 5.56 Å². The first-order valence-electron chi connectivity index (χ1n) is 7.82. The second-order valence-electron chi connectivity index (χ2n) is 6.14. The van der Waals surface area contributed by atoms with Crippen molar-refractivity contribution in [3.63, 3.8) is 0 Å². The molecule has 1 aromatic rings. The van der Waals surface area contributed by atoms with E-state index in [1.165, 1.54) is 24.8 Å². The first-order valence-corrected chi connectivity index (χ1v) is 7.82. The maximum Gasteiger partial charge on any atom is 0.228 e. The summed E-state index contributed by atoms with van der Waals surface area (Å²) in [6, 6.07) is 4.19. The smallest absolute Gasteiger partial charge is 0.228 e. The normalized spacial score (nSPS) is 20.6. The summed E-state index contributed by atoms with van der Waals surface area (Å²) < 4.78 is 0. The molecular weight excluding hydrogens is 250 g/mol. The Morgan fingerprint density at radius 3 is 2.75 bits per heavy atom. The van der Waals surface area contributed by atoms with E-state index in [1.54, 1.807) is 0 Å². The van der Waals surface area contributed by atoms with Crippen molar-refractivity contribution in [3.05, 3.63) is 28.8 Å². The Morgan fingerprint density at radius 1 is 1.30 bits per heavy atom. The number of amides is 1. The SMILES string of the molecule is CCc1cc2c(c(C(O)C3CCCCC3)c1)NC(=O)C2. The van der Waals surface area contributed by atoms with Crippen LogP contribution in [0.5, 0.6) is 0 Å². The molecule has 2 aliphatic rings. The number of benzene rings is 1. The van der Waals surface area contributed by atoms with Crippen LogP contribution in [-0.4, -0.2) is 11.0 Å². The molecule has 1 aliphatic carbocycles. The van der Waals surface area contributed by atoms with Crippen molar-refractivity contribution in [3.8, 4) is 0 Å². The maximum atomic E-state index is 11.7. The van der Waals surface area contributed by atoms with Gasteiger partial charge in [-0.15, -0.1) is 0 Å². The molecule has 1 aromatic carbocycles. The molecule has 0 aromatic heterocycles. The van der Waals surface area contributed by atoms with Crippen LogP contribution in [0, 0.1) is 5.92 Å². The van der Waals surface area contributed by atoms with Crippen molar-refractivity contribution in [2.24, 2.45) is 5.92 Å². The lowest BCUT2D eigenvalue weighted by atomic mass is 9.81. The molecular formula is C17H23NO2. The Hall–Kier alpha value is -1.35. The summed E-state index contributed by atoms with van der Waals surface area (Å²) in [5.74, 6) is 0.391. The van der Waals surface area contributed by atoms with Gasteiger partial charge in [-0.25, -0.2) is 0 Å². The third-order valence-electron chi connectivity index (χ3n) is 4.75. The number of hydrogen-bond donors (Lipinski definition) is 2. The molecule has 0 spiro atoms. The van der Waals surface area contributed by atoms with Gasteiger partial charge in [-0.2, -0.15) is 0 Å². The number of aliphatic hydroxyl groups excluding tert-OH is 1. The third-order valence-corrected chi connectivity index (χ3v) is 4.75. The van der Waals surface area contributed by atoms with Crippen molar-refractivity contribution in [1.29, 1.82) is 0 Å². The number of aliphatic hydroxyl groups is 1. The quantitative estimate of drug-likeness (QED) is 0.887. The summed E-state index contributed by atoms with van der Waals surface area (Å²) in [4.78, 5) is 11.7. The molecule has 3 rings (SSSR count). The average molecular weight is 273 g/mol. The summed E-state index contributed by atoms with van der Waals surface area (Å²) in [7, 11) is 0. The zero-order valence-corrected chi connectivity index (χ0v) is 12.1. The molecule has 1 unspecified atom stereocenters. The van der Waals surface area contributed by atoms with Crippen LogP contribution in [0.3, 0.4) is 0 Å². The van der Waals surface area contributed by atoms with Gasteiger partial charge in [0.15, 0.2) is 0 Å². The fraction of sp³-hybridized carbons (Fsp3) is 0.588. The zero-order chi connectivity index (χ0) is 14.1. The van der Waals surface area contributed by atoms with Crippen LogP contribution >= 0.6 is 0 Å². The van der Waals surface area contributed by atoms with Crippen molar-refractivity contribution < 1.29 is 9.90 Å². The number of carbonyl (C=O) groups is 1. The summed E-state index contributed by atoms with van der Waals surface area (Å²) >= 11 is 0. The largest absolute Gasteiger partial charge is 0.388 e. The summed E-state index contributed by atoms with van der Waals surface area (Å²) in [5.41, 5.74) is 4.09. The number of fused-ring (bicyclic) bond motifs is 1. The number of anilines is 1. The van der Waals surface area contributed by atoms with Crippen LogP contribution in [0.4, 0.5) is 5.69 Å². The molecule has 0 bridgehead atoms. The van der Waals surface area contributed by atoms with Crippen LogP contribution in [0.1, 0.15) is 61.8 Å². The van der Waals surface area contributed by atoms with E-state index >= 15 is 0 Å². The number of nitrogens with one attached hydrogen (secondary N) is 1. The minimum absolute atomic E-state index is 0.0466. The summed E-state index contributed by atoms with van der Waals surface area (Å²) in [6.45, 7) is 2.11. The second kappa shape index (κ2) is 5.57. The number of rotatable bonds is 3. The standard InChI is InChI=1S/C17H23NO2/c1-2-11-8-13-10-15(19)18-16(13)14(9-11)17(20)12-6-4-3-5-7-12/h8-9,12,17,20H,2-7,10H2,1H3,(H,18,19). The highest BCUT2D eigenvalue weighted by Crippen LogP contribution is 2.40. The van der Waals surface area contributed by atoms with Gasteiger partial charge >= 0.3 is 0 Å². The number of carbonyl (C=O) groups excluding carboxylic acids is 1. The van der Waals surface area contributed by atoms with Gasteiger partial charge in [0.1, 0.15) is 0 Å². The van der Waals surface area contributed by atoms with E-state index in [-0.39, 0.29) is 5.91 Å². The van der Waals surface area contributed by atoms with E-state index in [0.29, 0.717) is 12.3 Å². The molecule has 3 heteroatoms. The molecule has 1 fully saturated rings. The van der Waals surface area contributed by atoms with Crippen molar-refractivity contribution >= 4 is 11.6 Å². The van der Waals surface area contributed by atoms with E-state index in [1.807, 2.05) is 0 Å². The highest BCUT2D eigenvalue weighted by molar-refractivity contribution is 6.00. The predicted molar refractivity (Wildman–Crippen MR) is 79.7 cm³/mol. The van der Waals surface area contributed by atoms with Crippen LogP contribution in [0.2, 0.25) is 0 Å². The van der Waals surface area contributed by atoms with Gasteiger partial charge in [-0.3, -0.25) is 4.79 Å². The monoisotopic (exact) mass is 273 g/mol. The van der Waals surface area contributed by atoms with Gasteiger partial charge in [0.25, 0.3) is 0 Å². The molecule has 20 heavy (non-hydrogen) atoms. The summed E-state index contributed by atoms with van der Waals surface area (Å²) in [6.07, 6.45) is 6.86. The van der Waals surface area contributed by atoms with Crippen LogP contribution in [0.25, 0.3) is 0 Å². The Kier molecular flexibility index (Phi) is 3.79. The van der Waals surface area contributed by atoms with E-state index in [4.69, 9.17) is 0 Å². The highest BCUT2D eigenvalue weighted by atomic mass is 16.3. The Labute approximate surface area is 120 Å². The van der Waals surface area contributed by atoms with Crippen LogP contribution < -0.4 is 5.32 Å². The molecule has 2 N–H and O–H groups in total. The van der Waals surface area contributed by atoms with Gasteiger partial charge in [-0.1, -0.05) is 38.3 Å². The molecule has 1 atom stereocenters. The lowest BCUT2D eigenvalue weighted by molar-refractivity contribution is -0.115. The average Bonchev–Trinajstić information content (AvgIpc) is 2.86. The maximum absolute atomic E-state index is 11.7. The van der Waals surface area contributed by atoms with E-state index in [9.17, 15) is 9.90 Å². The van der Waals surface area contributed by atoms with Gasteiger partial charge in [0.2, 0.25) is 5.91 Å². The highest BCUT2D eigenvalue weighted by Gasteiger charge is 2.29. The molecule has 0 saturated heterocycles. The molecule has 1 saturated carbocycles. The fourth-order valence-electron chi connectivity index (χ4n) is 3.58. The molecule has 1 heterocycles. The predicted octanol–water partition coefficient (Wildman–Crippen LogP) is 3.36. The second-order valence-corrected chi connectivity index (χ2v) is 6.14. The minimum Gasteiger partial charge on any atom is -0.388 e. The fourth-order valence-corrected chi connectivity index (χ4v) is 3.58. The Balaban J connectivity index is 1.95. The number of hydrogen-bond acceptors (Lipinski definition) is 2. The summed E-state index contributed by atoms with van der Waals surface area (Å²) in [5, 5.41) is 13.7. The first kappa shape index (κ1) is 13.6. The molecule has 0 radical (unpaired) electrons. The van der Waals surface area contributed by atoms with Crippen molar-refractivity contribution in [2.45, 2.75) is 58.0 Å². The molecule has 1 amide bonds. The van der Waals surface area contributed by atoms with E-state index in [0.717, 1.165) is 36.1 Å². The lowest BCUT2D eigenvalue weighted by Crippen LogP contribution is -2.17. The van der Waals surface area contributed by atoms with Gasteiger partial charge < -0.3 is 10.4 Å². The molecule has 108 valence electrons. The van der Waals surface area contributed by atoms with Crippen molar-refractivity contribution in [2.75, 3.05) is 5.32 Å². The lowest BCUT2D eigenvalue weighted by Gasteiger charge is -2.28. The van der Waals surface area contributed by atoms with Crippen molar-refractivity contribution in [1.82, 2.24) is 0 Å². The first-order chi connectivity index (χ1) is 9.69. The van der Waals surface area contributed by atoms with Crippen LogP contribution in [0.15, 0.2) is 12.1 Å². The van der Waals surface area contributed by atoms with Crippen LogP contribution in [-0.2, 0) is 17.6 Å². The number of aryl methyl sites for hydroxylation is 1. The zero-order valence-electron chi connectivity index (χ0n) is 12.1. The molecule has 3 nitrogen and oxygen atoms in total. The van der Waals surface area contributed by atoms with Gasteiger partial charge in [0.05, 0.1) is 18.2 Å². The minimum atomic E-state index is -0.436.